The maximum atomic E-state index is 16.1. The number of ether oxygens (including phenoxy) is 1. The minimum absolute atomic E-state index is 0.0276. The number of carbonyl (C=O) groups excluding carboxylic acids is 1. The highest BCUT2D eigenvalue weighted by Gasteiger charge is 2.30. The lowest BCUT2D eigenvalue weighted by Gasteiger charge is -2.27. The molecule has 4 aromatic rings. The van der Waals surface area contributed by atoms with Gasteiger partial charge in [0, 0.05) is 23.2 Å². The van der Waals surface area contributed by atoms with E-state index in [0.717, 1.165) is 37.1 Å². The number of esters is 1. The van der Waals surface area contributed by atoms with Crippen LogP contribution in [0.15, 0.2) is 53.6 Å². The number of nitrogens with zero attached hydrogens (tertiary/aromatic N) is 3. The number of sulfonamides is 1. The standard InChI is InChI=1S/C31H32F3N5O4S2/c1-31(2,3)29-38-25(19-7-5-10-22(24(19)34)39-45(41,42)27-20(32)8-6-9-21(27)33)26(44-29)23-15-16-35-30(37-23)36-18-13-11-17(12-14-18)28(40)43-4/h5-10,15-18,39H,11-14H2,1-4H3,(H,35,36,37). The molecule has 2 aromatic carbocycles. The van der Waals surface area contributed by atoms with E-state index in [4.69, 9.17) is 14.7 Å². The second-order valence-corrected chi connectivity index (χ2v) is 14.4. The Morgan fingerprint density at radius 2 is 1.64 bits per heavy atom. The van der Waals surface area contributed by atoms with Crippen LogP contribution in [0.1, 0.15) is 51.5 Å². The van der Waals surface area contributed by atoms with Crippen LogP contribution in [0, 0.1) is 23.4 Å². The molecular weight excluding hydrogens is 628 g/mol. The summed E-state index contributed by atoms with van der Waals surface area (Å²) in [7, 11) is -3.43. The molecule has 0 unspecified atom stereocenters. The molecule has 0 radical (unpaired) electrons. The summed E-state index contributed by atoms with van der Waals surface area (Å²) in [5, 5.41) is 4.01. The molecule has 9 nitrogen and oxygen atoms in total. The van der Waals surface area contributed by atoms with Crippen LogP contribution in [0.4, 0.5) is 24.8 Å². The summed E-state index contributed by atoms with van der Waals surface area (Å²) in [5.41, 5.74) is -0.247. The summed E-state index contributed by atoms with van der Waals surface area (Å²) in [6.07, 6.45) is 4.41. The van der Waals surface area contributed by atoms with Crippen molar-refractivity contribution in [3.63, 3.8) is 0 Å². The number of thiazole rings is 1. The maximum Gasteiger partial charge on any atom is 0.308 e. The van der Waals surface area contributed by atoms with Crippen LogP contribution < -0.4 is 10.0 Å². The first-order valence-corrected chi connectivity index (χ1v) is 16.5. The lowest BCUT2D eigenvalue weighted by Crippen LogP contribution is -2.30. The van der Waals surface area contributed by atoms with E-state index in [1.54, 1.807) is 12.3 Å². The van der Waals surface area contributed by atoms with Gasteiger partial charge in [-0.2, -0.15) is 0 Å². The summed E-state index contributed by atoms with van der Waals surface area (Å²) in [4.78, 5) is 25.0. The summed E-state index contributed by atoms with van der Waals surface area (Å²) in [5.74, 6) is -3.56. The summed E-state index contributed by atoms with van der Waals surface area (Å²) >= 11 is 1.32. The molecule has 238 valence electrons. The fraction of sp³-hybridized carbons (Fsp3) is 0.355. The van der Waals surface area contributed by atoms with Crippen molar-refractivity contribution in [2.24, 2.45) is 5.92 Å². The van der Waals surface area contributed by atoms with Gasteiger partial charge in [-0.05, 0) is 56.0 Å². The third-order valence-electron chi connectivity index (χ3n) is 7.44. The molecule has 2 heterocycles. The van der Waals surface area contributed by atoms with Crippen molar-refractivity contribution < 1.29 is 31.1 Å². The number of halogens is 3. The van der Waals surface area contributed by atoms with E-state index >= 15 is 4.39 Å². The minimum atomic E-state index is -4.82. The van der Waals surface area contributed by atoms with Gasteiger partial charge in [0.25, 0.3) is 10.0 Å². The van der Waals surface area contributed by atoms with E-state index in [1.807, 2.05) is 25.5 Å². The van der Waals surface area contributed by atoms with Crippen LogP contribution >= 0.6 is 11.3 Å². The van der Waals surface area contributed by atoms with E-state index in [0.29, 0.717) is 34.4 Å². The van der Waals surface area contributed by atoms with Gasteiger partial charge in [-0.25, -0.2) is 36.5 Å². The minimum Gasteiger partial charge on any atom is -0.469 e. The Morgan fingerprint density at radius 3 is 2.29 bits per heavy atom. The average Bonchev–Trinajstić information content (AvgIpc) is 3.44. The first-order chi connectivity index (χ1) is 21.3. The van der Waals surface area contributed by atoms with Crippen LogP contribution in [0.25, 0.3) is 21.8 Å². The number of anilines is 2. The second kappa shape index (κ2) is 12.8. The van der Waals surface area contributed by atoms with Crippen molar-refractivity contribution in [1.29, 1.82) is 0 Å². The lowest BCUT2D eigenvalue weighted by molar-refractivity contribution is -0.146. The van der Waals surface area contributed by atoms with Gasteiger partial charge in [0.1, 0.15) is 11.6 Å². The fourth-order valence-corrected chi connectivity index (χ4v) is 7.41. The number of nitrogens with one attached hydrogen (secondary N) is 2. The normalized spacial score (nSPS) is 17.1. The quantitative estimate of drug-likeness (QED) is 0.195. The number of hydrogen-bond acceptors (Lipinski definition) is 9. The average molecular weight is 660 g/mol. The van der Waals surface area contributed by atoms with Gasteiger partial charge in [0.05, 0.1) is 40.0 Å². The Labute approximate surface area is 263 Å². The molecule has 1 saturated carbocycles. The Hall–Kier alpha value is -4.04. The van der Waals surface area contributed by atoms with Crippen LogP contribution in [0.3, 0.4) is 0 Å². The van der Waals surface area contributed by atoms with Crippen molar-refractivity contribution in [3.05, 3.63) is 71.1 Å². The molecule has 0 bridgehead atoms. The van der Waals surface area contributed by atoms with Gasteiger partial charge in [-0.3, -0.25) is 9.52 Å². The molecular formula is C31H32F3N5O4S2. The summed E-state index contributed by atoms with van der Waals surface area (Å²) in [6, 6.07) is 8.39. The largest absolute Gasteiger partial charge is 0.469 e. The molecule has 5 rings (SSSR count). The number of hydrogen-bond donors (Lipinski definition) is 2. The van der Waals surface area contributed by atoms with Gasteiger partial charge in [0.2, 0.25) is 5.95 Å². The van der Waals surface area contributed by atoms with Crippen molar-refractivity contribution in [1.82, 2.24) is 15.0 Å². The first kappa shape index (κ1) is 32.4. The predicted octanol–water partition coefficient (Wildman–Crippen LogP) is 6.93. The van der Waals surface area contributed by atoms with Crippen LogP contribution in [0.2, 0.25) is 0 Å². The van der Waals surface area contributed by atoms with Gasteiger partial charge in [-0.1, -0.05) is 32.9 Å². The van der Waals surface area contributed by atoms with Crippen LogP contribution in [-0.4, -0.2) is 42.5 Å². The van der Waals surface area contributed by atoms with Crippen molar-refractivity contribution in [2.45, 2.75) is 62.8 Å². The highest BCUT2D eigenvalue weighted by molar-refractivity contribution is 7.92. The van der Waals surface area contributed by atoms with Crippen molar-refractivity contribution >= 4 is 39.0 Å². The molecule has 0 spiro atoms. The monoisotopic (exact) mass is 659 g/mol. The lowest BCUT2D eigenvalue weighted by atomic mass is 9.86. The highest BCUT2D eigenvalue weighted by atomic mass is 32.2. The number of rotatable bonds is 8. The topological polar surface area (TPSA) is 123 Å². The van der Waals surface area contributed by atoms with Crippen LogP contribution in [0.5, 0.6) is 0 Å². The predicted molar refractivity (Wildman–Crippen MR) is 166 cm³/mol. The van der Waals surface area contributed by atoms with Crippen molar-refractivity contribution in [2.75, 3.05) is 17.1 Å². The summed E-state index contributed by atoms with van der Waals surface area (Å²) < 4.78 is 77.4. The van der Waals surface area contributed by atoms with Gasteiger partial charge in [-0.15, -0.1) is 11.3 Å². The van der Waals surface area contributed by atoms with E-state index in [-0.39, 0.29) is 29.2 Å². The first-order valence-electron chi connectivity index (χ1n) is 14.2. The molecule has 45 heavy (non-hydrogen) atoms. The van der Waals surface area contributed by atoms with E-state index < -0.39 is 43.5 Å². The fourth-order valence-electron chi connectivity index (χ4n) is 5.10. The number of methoxy groups -OCH3 is 1. The molecule has 0 amide bonds. The molecule has 1 fully saturated rings. The molecule has 0 atom stereocenters. The smallest absolute Gasteiger partial charge is 0.308 e. The molecule has 14 heteroatoms. The maximum absolute atomic E-state index is 16.1. The Bertz CT molecular complexity index is 1810. The second-order valence-electron chi connectivity index (χ2n) is 11.8. The van der Waals surface area contributed by atoms with E-state index in [9.17, 15) is 22.0 Å². The van der Waals surface area contributed by atoms with Crippen LogP contribution in [-0.2, 0) is 25.0 Å². The zero-order valence-electron chi connectivity index (χ0n) is 25.0. The van der Waals surface area contributed by atoms with Gasteiger partial charge in [0.15, 0.2) is 10.7 Å². The highest BCUT2D eigenvalue weighted by Crippen LogP contribution is 2.42. The van der Waals surface area contributed by atoms with Gasteiger partial charge >= 0.3 is 5.97 Å². The molecule has 1 aliphatic rings. The SMILES string of the molecule is COC(=O)C1CCC(Nc2nccc(-c3sc(C(C)(C)C)nc3-c3cccc(NS(=O)(=O)c4c(F)cccc4F)c3F)n2)CC1. The molecule has 0 aliphatic heterocycles. The third-order valence-corrected chi connectivity index (χ3v) is 10.4. The van der Waals surface area contributed by atoms with E-state index in [2.05, 4.69) is 10.3 Å². The zero-order valence-corrected chi connectivity index (χ0v) is 26.7. The number of carbonyl (C=O) groups is 1. The Kier molecular flexibility index (Phi) is 9.17. The number of aromatic nitrogens is 3. The van der Waals surface area contributed by atoms with Crippen molar-refractivity contribution in [3.8, 4) is 21.8 Å². The molecule has 0 saturated heterocycles. The Balaban J connectivity index is 1.49. The molecule has 2 N–H and O–H groups in total. The summed E-state index contributed by atoms with van der Waals surface area (Å²) in [6.45, 7) is 5.88. The third kappa shape index (κ3) is 6.96. The van der Waals surface area contributed by atoms with E-state index in [1.165, 1.54) is 30.6 Å². The van der Waals surface area contributed by atoms with Gasteiger partial charge < -0.3 is 10.1 Å². The Morgan fingerprint density at radius 1 is 0.978 bits per heavy atom. The number of benzene rings is 2. The molecule has 1 aliphatic carbocycles. The molecule has 2 aromatic heterocycles. The zero-order chi connectivity index (χ0) is 32.5.